The number of hydrogen-bond acceptors (Lipinski definition) is 17. The van der Waals surface area contributed by atoms with Crippen LogP contribution in [0.3, 0.4) is 0 Å². The van der Waals surface area contributed by atoms with Gasteiger partial charge in [0.2, 0.25) is 17.2 Å². The molecule has 22 nitrogen and oxygen atoms in total. The molecule has 326 valence electrons. The van der Waals surface area contributed by atoms with Gasteiger partial charge in [0, 0.05) is 33.4 Å². The number of benzene rings is 4. The first kappa shape index (κ1) is 45.2. The molecular weight excluding hydrogens is 891 g/mol. The molecule has 0 amide bonds. The predicted molar refractivity (Wildman–Crippen MR) is 215 cm³/mol. The van der Waals surface area contributed by atoms with Crippen LogP contribution in [-0.4, -0.2) is 96.4 Å². The van der Waals surface area contributed by atoms with Crippen LogP contribution in [0.25, 0.3) is 11.2 Å². The van der Waals surface area contributed by atoms with Crippen LogP contribution >= 0.6 is 23.5 Å². The van der Waals surface area contributed by atoms with Gasteiger partial charge in [-0.3, -0.25) is 28.3 Å². The molecule has 1 aliphatic rings. The van der Waals surface area contributed by atoms with Crippen molar-refractivity contribution in [2.45, 2.75) is 23.5 Å². The van der Waals surface area contributed by atoms with E-state index in [4.69, 9.17) is 24.8 Å². The van der Waals surface area contributed by atoms with Gasteiger partial charge >= 0.3 is 23.5 Å². The van der Waals surface area contributed by atoms with Crippen LogP contribution in [0.1, 0.15) is 58.8 Å². The molecule has 3 heterocycles. The summed E-state index contributed by atoms with van der Waals surface area (Å²) in [5.41, 5.74) is -3.81. The van der Waals surface area contributed by atoms with E-state index in [2.05, 4.69) is 23.6 Å². The monoisotopic (exact) mass is 923 g/mol. The fourth-order valence-corrected chi connectivity index (χ4v) is 10.0. The Morgan fingerprint density at radius 3 is 1.63 bits per heavy atom. The maximum Gasteiger partial charge on any atom is 0.490 e. The Balaban J connectivity index is 1.45. The minimum Gasteiger partial charge on any atom is -0.382 e. The molecule has 1 fully saturated rings. The van der Waals surface area contributed by atoms with Crippen molar-refractivity contribution in [2.24, 2.45) is 0 Å². The second-order valence-corrected chi connectivity index (χ2v) is 18.0. The predicted octanol–water partition coefficient (Wildman–Crippen LogP) is 3.34. The van der Waals surface area contributed by atoms with Crippen molar-refractivity contribution in [2.75, 3.05) is 12.3 Å². The summed E-state index contributed by atoms with van der Waals surface area (Å²) in [6.45, 7) is -1.64. The van der Waals surface area contributed by atoms with Gasteiger partial charge in [-0.25, -0.2) is 28.6 Å². The fourth-order valence-electron chi connectivity index (χ4n) is 6.98. The highest BCUT2D eigenvalue weighted by Gasteiger charge is 2.74. The average Bonchev–Trinajstić information content (AvgIpc) is 3.78. The number of phosphoric ester groups is 1. The summed E-state index contributed by atoms with van der Waals surface area (Å²) in [4.78, 5) is 109. The molecule has 8 N–H and O–H groups in total. The van der Waals surface area contributed by atoms with Gasteiger partial charge in [0.1, 0.15) is 17.9 Å². The highest BCUT2D eigenvalue weighted by molar-refractivity contribution is 7.66. The number of anilines is 1. The minimum absolute atomic E-state index is 0.0522. The summed E-state index contributed by atoms with van der Waals surface area (Å²) in [5.74, 6) is -5.00. The molecule has 4 unspecified atom stereocenters. The van der Waals surface area contributed by atoms with Gasteiger partial charge in [-0.1, -0.05) is 109 Å². The molecule has 7 rings (SSSR count). The molecule has 0 aliphatic carbocycles. The Morgan fingerprint density at radius 1 is 0.651 bits per heavy atom. The molecular formula is C38H32N5O17P3. The Labute approximate surface area is 354 Å². The molecule has 6 aromatic rings. The Morgan fingerprint density at radius 2 is 1.13 bits per heavy atom. The lowest BCUT2D eigenvalue weighted by molar-refractivity contribution is -0.104. The number of nitrogens with zero attached hydrogens (tertiary/aromatic N) is 4. The van der Waals surface area contributed by atoms with Gasteiger partial charge in [0.05, 0.1) is 12.9 Å². The zero-order valence-electron chi connectivity index (χ0n) is 31.8. The molecule has 25 heteroatoms. The van der Waals surface area contributed by atoms with Crippen LogP contribution in [0.5, 0.6) is 0 Å². The molecule has 1 aliphatic heterocycles. The number of Topliss-reactive ketones (excluding diaryl/α,β-unsaturated/α-hetero) is 2. The molecule has 6 atom stereocenters. The molecule has 0 saturated carbocycles. The lowest BCUT2D eigenvalue weighted by Gasteiger charge is -2.39. The van der Waals surface area contributed by atoms with Crippen LogP contribution in [0, 0.1) is 0 Å². The van der Waals surface area contributed by atoms with E-state index in [1.165, 1.54) is 84.9 Å². The van der Waals surface area contributed by atoms with Crippen molar-refractivity contribution in [1.29, 1.82) is 0 Å². The zero-order valence-corrected chi connectivity index (χ0v) is 34.5. The summed E-state index contributed by atoms with van der Waals surface area (Å²) >= 11 is 0. The van der Waals surface area contributed by atoms with Gasteiger partial charge < -0.3 is 40.3 Å². The van der Waals surface area contributed by atoms with Crippen molar-refractivity contribution in [1.82, 2.24) is 19.5 Å². The lowest BCUT2D eigenvalue weighted by Crippen LogP contribution is -2.67. The number of carbonyl (C=O) groups excluding carboxylic acids is 4. The quantitative estimate of drug-likeness (QED) is 0.0540. The second-order valence-electron chi connectivity index (χ2n) is 13.6. The number of aliphatic hydroxyl groups is 2. The van der Waals surface area contributed by atoms with Crippen LogP contribution in [-0.2, 0) is 31.6 Å². The number of rotatable bonds is 16. The van der Waals surface area contributed by atoms with Crippen LogP contribution in [0.4, 0.5) is 5.82 Å². The van der Waals surface area contributed by atoms with Gasteiger partial charge in [-0.15, -0.1) is 0 Å². The molecule has 4 aromatic carbocycles. The van der Waals surface area contributed by atoms with E-state index in [9.17, 15) is 43.3 Å². The van der Waals surface area contributed by atoms with Gasteiger partial charge in [-0.05, 0) is 0 Å². The summed E-state index contributed by atoms with van der Waals surface area (Å²) in [7, 11) is -18.1. The first-order valence-electron chi connectivity index (χ1n) is 18.0. The summed E-state index contributed by atoms with van der Waals surface area (Å²) in [6.07, 6.45) is -3.09. The van der Waals surface area contributed by atoms with Gasteiger partial charge in [-0.2, -0.15) is 8.62 Å². The number of fused-ring (bicyclic) bond motifs is 1. The van der Waals surface area contributed by atoms with Crippen LogP contribution < -0.4 is 5.73 Å². The van der Waals surface area contributed by atoms with Crippen LogP contribution in [0.15, 0.2) is 122 Å². The van der Waals surface area contributed by atoms with E-state index in [1.54, 1.807) is 12.1 Å². The standard InChI is InChI=1S/C38H32N5O17P3/c39-34-29-35(41-20-40-34)43(21-42-29)36-38(49,33(47)27-18-10-8-16-25(27)31(45)23-13-5-2-6-14-23)37(48,28(58-36)19-57-62(53,54)60-63(55,56)59-61(50,51)52)32(46)26-17-9-7-15-24(26)30(44)22-11-3-1-4-12-22/h1-18,20-21,28,36,48-49H,19H2,(H,53,54)(H,55,56)(H2,39,40,41)(H2,50,51,52)/t28-,36-,37?,38?/m1/s1. The number of imidazole rings is 1. The molecule has 0 bridgehead atoms. The topological polar surface area (TPSA) is 347 Å². The van der Waals surface area contributed by atoms with E-state index in [-0.39, 0.29) is 39.2 Å². The van der Waals surface area contributed by atoms with E-state index in [1.807, 2.05) is 0 Å². The molecule has 2 aromatic heterocycles. The number of phosphoric acid groups is 3. The van der Waals surface area contributed by atoms with E-state index < -0.39 is 87.9 Å². The summed E-state index contributed by atoms with van der Waals surface area (Å²) in [5, 5.41) is 26.5. The van der Waals surface area contributed by atoms with Crippen LogP contribution in [0.2, 0.25) is 0 Å². The smallest absolute Gasteiger partial charge is 0.382 e. The third-order valence-corrected chi connectivity index (χ3v) is 13.5. The Hall–Kier alpha value is -5.80. The number of nitrogen functional groups attached to an aromatic ring is 1. The number of hydrogen-bond donors (Lipinski definition) is 7. The normalized spacial score (nSPS) is 21.9. The highest BCUT2D eigenvalue weighted by Crippen LogP contribution is 2.66. The lowest BCUT2D eigenvalue weighted by atomic mass is 9.70. The first-order chi connectivity index (χ1) is 29.7. The number of nitrogens with two attached hydrogens (primary N) is 1. The average molecular weight is 924 g/mol. The number of aromatic nitrogens is 4. The summed E-state index contributed by atoms with van der Waals surface area (Å²) in [6, 6.07) is 24.9. The second kappa shape index (κ2) is 17.1. The van der Waals surface area contributed by atoms with Gasteiger partial charge in [0.15, 0.2) is 34.9 Å². The SMILES string of the molecule is Nc1ncnc2c1ncn2[C@@H]1O[C@H](COP(=O)(O)OP(=O)(O)OP(=O)(O)O)C(O)(C(=O)c2ccccc2C(=O)c2ccccc2)C1(O)C(=O)c1ccccc1C(=O)c1ccccc1. The molecule has 0 spiro atoms. The first-order valence-corrected chi connectivity index (χ1v) is 22.5. The van der Waals surface area contributed by atoms with Crippen molar-refractivity contribution in [3.05, 3.63) is 155 Å². The Kier molecular flexibility index (Phi) is 12.2. The largest absolute Gasteiger partial charge is 0.490 e. The maximum atomic E-state index is 15.4. The molecule has 0 radical (unpaired) electrons. The van der Waals surface area contributed by atoms with Crippen molar-refractivity contribution in [3.63, 3.8) is 0 Å². The number of ether oxygens (including phenoxy) is 1. The third-order valence-electron chi connectivity index (χ3n) is 9.74. The minimum atomic E-state index is -6.13. The van der Waals surface area contributed by atoms with E-state index in [0.29, 0.717) is 0 Å². The molecule has 63 heavy (non-hydrogen) atoms. The van der Waals surface area contributed by atoms with E-state index in [0.717, 1.165) is 29.4 Å². The highest BCUT2D eigenvalue weighted by atomic mass is 31.3. The van der Waals surface area contributed by atoms with Crippen molar-refractivity contribution >= 4 is 63.6 Å². The third kappa shape index (κ3) is 8.64. The number of ketones is 4. The zero-order chi connectivity index (χ0) is 45.5. The molecule has 1 saturated heterocycles. The van der Waals surface area contributed by atoms with E-state index >= 15 is 9.59 Å². The van der Waals surface area contributed by atoms with Crippen molar-refractivity contribution < 1.29 is 80.5 Å². The Bertz CT molecular complexity index is 2930. The van der Waals surface area contributed by atoms with Gasteiger partial charge in [0.25, 0.3) is 0 Å². The number of carbonyl (C=O) groups is 4. The fraction of sp³-hybridized carbons (Fsp3) is 0.132. The maximum absolute atomic E-state index is 15.4. The summed E-state index contributed by atoms with van der Waals surface area (Å²) < 4.78 is 55.9. The van der Waals surface area contributed by atoms with Crippen molar-refractivity contribution in [3.8, 4) is 0 Å².